The standard InChI is InChI=1S/C10H13N3O4S/c1-6(10(16)17)11-5-8(14)12-13-9(15)7-3-2-4-18-7/h2-4,6,11H,5H2,1H3,(H,12,14)(H,13,15)(H,16,17)/t6-/m0/s1. The highest BCUT2D eigenvalue weighted by Crippen LogP contribution is 2.06. The van der Waals surface area contributed by atoms with E-state index in [1.807, 2.05) is 0 Å². The zero-order chi connectivity index (χ0) is 13.5. The first-order chi connectivity index (χ1) is 8.50. The summed E-state index contributed by atoms with van der Waals surface area (Å²) >= 11 is 1.25. The Hall–Kier alpha value is -1.93. The number of nitrogens with one attached hydrogen (secondary N) is 3. The number of aliphatic carboxylic acids is 1. The molecule has 2 amide bonds. The van der Waals surface area contributed by atoms with Crippen molar-refractivity contribution in [2.45, 2.75) is 13.0 Å². The highest BCUT2D eigenvalue weighted by atomic mass is 32.1. The molecule has 1 aromatic heterocycles. The summed E-state index contributed by atoms with van der Waals surface area (Å²) in [6.45, 7) is 1.22. The molecule has 8 heteroatoms. The number of hydrogen-bond acceptors (Lipinski definition) is 5. The average molecular weight is 271 g/mol. The number of carboxylic acid groups (broad SMARTS) is 1. The van der Waals surface area contributed by atoms with E-state index in [1.165, 1.54) is 18.3 Å². The van der Waals surface area contributed by atoms with Crippen LogP contribution in [0, 0.1) is 0 Å². The molecule has 1 heterocycles. The second-order valence-electron chi connectivity index (χ2n) is 3.42. The van der Waals surface area contributed by atoms with Crippen LogP contribution < -0.4 is 16.2 Å². The van der Waals surface area contributed by atoms with Gasteiger partial charge in [-0.15, -0.1) is 11.3 Å². The average Bonchev–Trinajstić information content (AvgIpc) is 2.86. The summed E-state index contributed by atoms with van der Waals surface area (Å²) in [5.74, 6) is -1.98. The summed E-state index contributed by atoms with van der Waals surface area (Å²) in [5.41, 5.74) is 4.40. The quantitative estimate of drug-likeness (QED) is 0.544. The first kappa shape index (κ1) is 14.1. The lowest BCUT2D eigenvalue weighted by atomic mass is 10.3. The van der Waals surface area contributed by atoms with E-state index in [-0.39, 0.29) is 6.54 Å². The van der Waals surface area contributed by atoms with Crippen molar-refractivity contribution in [2.24, 2.45) is 0 Å². The van der Waals surface area contributed by atoms with Gasteiger partial charge in [0.15, 0.2) is 0 Å². The van der Waals surface area contributed by atoms with Crippen LogP contribution in [0.2, 0.25) is 0 Å². The van der Waals surface area contributed by atoms with E-state index in [2.05, 4.69) is 16.2 Å². The van der Waals surface area contributed by atoms with Gasteiger partial charge in [0.05, 0.1) is 11.4 Å². The number of rotatable bonds is 5. The van der Waals surface area contributed by atoms with Crippen LogP contribution in [0.1, 0.15) is 16.6 Å². The van der Waals surface area contributed by atoms with E-state index < -0.39 is 23.8 Å². The van der Waals surface area contributed by atoms with Crippen LogP contribution in [0.4, 0.5) is 0 Å². The van der Waals surface area contributed by atoms with Crippen LogP contribution >= 0.6 is 11.3 Å². The number of hydrazine groups is 1. The molecule has 0 saturated carbocycles. The third-order valence-corrected chi connectivity index (χ3v) is 2.87. The minimum Gasteiger partial charge on any atom is -0.480 e. The van der Waals surface area contributed by atoms with Crippen LogP contribution in [0.5, 0.6) is 0 Å². The van der Waals surface area contributed by atoms with Crippen molar-refractivity contribution in [3.05, 3.63) is 22.4 Å². The third-order valence-electron chi connectivity index (χ3n) is 2.00. The van der Waals surface area contributed by atoms with E-state index in [9.17, 15) is 14.4 Å². The van der Waals surface area contributed by atoms with Crippen molar-refractivity contribution in [3.63, 3.8) is 0 Å². The van der Waals surface area contributed by atoms with Crippen LogP contribution in [0.25, 0.3) is 0 Å². The Morgan fingerprint density at radius 2 is 2.11 bits per heavy atom. The van der Waals surface area contributed by atoms with Gasteiger partial charge < -0.3 is 5.11 Å². The molecule has 0 aliphatic rings. The maximum Gasteiger partial charge on any atom is 0.320 e. The molecule has 1 rings (SSSR count). The van der Waals surface area contributed by atoms with Crippen LogP contribution in [0.15, 0.2) is 17.5 Å². The van der Waals surface area contributed by atoms with Crippen LogP contribution in [-0.4, -0.2) is 35.5 Å². The molecule has 18 heavy (non-hydrogen) atoms. The second-order valence-corrected chi connectivity index (χ2v) is 4.37. The van der Waals surface area contributed by atoms with E-state index >= 15 is 0 Å². The number of thiophene rings is 1. The molecule has 0 fully saturated rings. The lowest BCUT2D eigenvalue weighted by Crippen LogP contribution is -2.47. The molecular weight excluding hydrogens is 258 g/mol. The van der Waals surface area contributed by atoms with Crippen molar-refractivity contribution in [2.75, 3.05) is 6.54 Å². The van der Waals surface area contributed by atoms with Gasteiger partial charge in [0, 0.05) is 0 Å². The van der Waals surface area contributed by atoms with Crippen LogP contribution in [0.3, 0.4) is 0 Å². The summed E-state index contributed by atoms with van der Waals surface area (Å²) < 4.78 is 0. The van der Waals surface area contributed by atoms with Gasteiger partial charge in [-0.2, -0.15) is 0 Å². The molecule has 0 unspecified atom stereocenters. The van der Waals surface area contributed by atoms with E-state index in [0.717, 1.165) is 0 Å². The summed E-state index contributed by atoms with van der Waals surface area (Å²) in [4.78, 5) is 33.6. The molecule has 7 nitrogen and oxygen atoms in total. The Kier molecular flexibility index (Phi) is 5.28. The molecule has 0 radical (unpaired) electrons. The second kappa shape index (κ2) is 6.72. The molecule has 4 N–H and O–H groups in total. The smallest absolute Gasteiger partial charge is 0.320 e. The van der Waals surface area contributed by atoms with Gasteiger partial charge in [0.25, 0.3) is 11.8 Å². The molecular formula is C10H13N3O4S. The first-order valence-electron chi connectivity index (χ1n) is 5.09. The summed E-state index contributed by atoms with van der Waals surface area (Å²) in [6.07, 6.45) is 0. The molecule has 0 aromatic carbocycles. The van der Waals surface area contributed by atoms with Crippen molar-refractivity contribution >= 4 is 29.1 Å². The predicted octanol–water partition coefficient (Wildman–Crippen LogP) is -0.428. The fourth-order valence-corrected chi connectivity index (χ4v) is 1.59. The monoisotopic (exact) mass is 271 g/mol. The van der Waals surface area contributed by atoms with E-state index in [4.69, 9.17) is 5.11 Å². The number of carbonyl (C=O) groups is 3. The minimum absolute atomic E-state index is 0.196. The summed E-state index contributed by atoms with van der Waals surface area (Å²) in [6, 6.07) is 2.51. The number of carbonyl (C=O) groups excluding carboxylic acids is 2. The highest BCUT2D eigenvalue weighted by molar-refractivity contribution is 7.12. The molecule has 0 aliphatic heterocycles. The van der Waals surface area contributed by atoms with Gasteiger partial charge in [0.1, 0.15) is 6.04 Å². The lowest BCUT2D eigenvalue weighted by Gasteiger charge is -2.09. The van der Waals surface area contributed by atoms with E-state index in [1.54, 1.807) is 17.5 Å². The molecule has 0 aliphatic carbocycles. The SMILES string of the molecule is C[C@H](NCC(=O)NNC(=O)c1cccs1)C(=O)O. The molecule has 1 atom stereocenters. The van der Waals surface area contributed by atoms with Crippen molar-refractivity contribution in [1.29, 1.82) is 0 Å². The first-order valence-corrected chi connectivity index (χ1v) is 5.97. The maximum atomic E-state index is 11.4. The van der Waals surface area contributed by atoms with Gasteiger partial charge in [-0.3, -0.25) is 30.6 Å². The number of hydrogen-bond donors (Lipinski definition) is 4. The van der Waals surface area contributed by atoms with Gasteiger partial charge in [0.2, 0.25) is 0 Å². The normalized spacial score (nSPS) is 11.6. The highest BCUT2D eigenvalue weighted by Gasteiger charge is 2.12. The van der Waals surface area contributed by atoms with Crippen molar-refractivity contribution < 1.29 is 19.5 Å². The Bertz CT molecular complexity index is 432. The Morgan fingerprint density at radius 1 is 1.39 bits per heavy atom. The van der Waals surface area contributed by atoms with Gasteiger partial charge in [-0.25, -0.2) is 0 Å². The van der Waals surface area contributed by atoms with Gasteiger partial charge in [-0.05, 0) is 18.4 Å². The Labute approximate surface area is 107 Å². The predicted molar refractivity (Wildman–Crippen MR) is 65.0 cm³/mol. The molecule has 1 aromatic rings. The van der Waals surface area contributed by atoms with E-state index in [0.29, 0.717) is 4.88 Å². The van der Waals surface area contributed by atoms with Gasteiger partial charge in [-0.1, -0.05) is 6.07 Å². The minimum atomic E-state index is -1.05. The fraction of sp³-hybridized carbons (Fsp3) is 0.300. The number of carboxylic acids is 1. The largest absolute Gasteiger partial charge is 0.480 e. The number of amides is 2. The van der Waals surface area contributed by atoms with Crippen LogP contribution in [-0.2, 0) is 9.59 Å². The fourth-order valence-electron chi connectivity index (χ4n) is 0.973. The summed E-state index contributed by atoms with van der Waals surface area (Å²) in [7, 11) is 0. The van der Waals surface area contributed by atoms with Crippen molar-refractivity contribution in [3.8, 4) is 0 Å². The topological polar surface area (TPSA) is 108 Å². The summed E-state index contributed by atoms with van der Waals surface area (Å²) in [5, 5.41) is 12.8. The molecule has 0 spiro atoms. The van der Waals surface area contributed by atoms with Gasteiger partial charge >= 0.3 is 5.97 Å². The molecule has 98 valence electrons. The molecule has 0 bridgehead atoms. The Balaban J connectivity index is 2.25. The van der Waals surface area contributed by atoms with Crippen molar-refractivity contribution in [1.82, 2.24) is 16.2 Å². The maximum absolute atomic E-state index is 11.4. The third kappa shape index (κ3) is 4.52. The Morgan fingerprint density at radius 3 is 2.67 bits per heavy atom. The zero-order valence-electron chi connectivity index (χ0n) is 9.60. The zero-order valence-corrected chi connectivity index (χ0v) is 10.4. The lowest BCUT2D eigenvalue weighted by molar-refractivity contribution is -0.139. The molecule has 0 saturated heterocycles.